The molecule has 3 aliphatic rings. The first-order valence-corrected chi connectivity index (χ1v) is 9.47. The van der Waals surface area contributed by atoms with E-state index in [1.165, 1.54) is 6.42 Å². The third kappa shape index (κ3) is 3.89. The van der Waals surface area contributed by atoms with Gasteiger partial charge in [0, 0.05) is 36.8 Å². The summed E-state index contributed by atoms with van der Waals surface area (Å²) in [6, 6.07) is 7.37. The highest BCUT2D eigenvalue weighted by atomic mass is 35.5. The van der Waals surface area contributed by atoms with Gasteiger partial charge < -0.3 is 15.5 Å². The number of piperidine rings is 1. The minimum atomic E-state index is 0. The summed E-state index contributed by atoms with van der Waals surface area (Å²) in [6.45, 7) is 5.95. The maximum absolute atomic E-state index is 12.8. The van der Waals surface area contributed by atoms with Crippen LogP contribution in [0, 0.1) is 17.3 Å². The van der Waals surface area contributed by atoms with Crippen LogP contribution in [0.1, 0.15) is 43.0 Å². The van der Waals surface area contributed by atoms with Crippen molar-refractivity contribution in [3.63, 3.8) is 0 Å². The standard InChI is InChI=1S/C20H27N3O2.ClH/c1-14-11-17(14)18(24)22-16-4-2-3-15(12-16)19(25)23-9-6-20(7-10-23)5-8-21-13-20;/h2-4,12,14,17,21H,5-11,13H2,1H3,(H,22,24);1H. The number of anilines is 1. The van der Waals surface area contributed by atoms with Crippen molar-refractivity contribution in [2.75, 3.05) is 31.5 Å². The van der Waals surface area contributed by atoms with Gasteiger partial charge in [0.2, 0.25) is 5.91 Å². The molecule has 4 rings (SSSR count). The summed E-state index contributed by atoms with van der Waals surface area (Å²) < 4.78 is 0. The largest absolute Gasteiger partial charge is 0.339 e. The second-order valence-electron chi connectivity index (χ2n) is 8.11. The van der Waals surface area contributed by atoms with Gasteiger partial charge in [0.1, 0.15) is 0 Å². The molecule has 1 spiro atoms. The first-order chi connectivity index (χ1) is 12.1. The van der Waals surface area contributed by atoms with Crippen LogP contribution in [0.5, 0.6) is 0 Å². The van der Waals surface area contributed by atoms with Gasteiger partial charge >= 0.3 is 0 Å². The fraction of sp³-hybridized carbons (Fsp3) is 0.600. The van der Waals surface area contributed by atoms with Gasteiger partial charge in [-0.1, -0.05) is 13.0 Å². The van der Waals surface area contributed by atoms with Gasteiger partial charge in [0.05, 0.1) is 0 Å². The highest BCUT2D eigenvalue weighted by Crippen LogP contribution is 2.39. The van der Waals surface area contributed by atoms with Crippen molar-refractivity contribution in [3.05, 3.63) is 29.8 Å². The van der Waals surface area contributed by atoms with Crippen LogP contribution in [0.4, 0.5) is 5.69 Å². The van der Waals surface area contributed by atoms with Crippen molar-refractivity contribution < 1.29 is 9.59 Å². The lowest BCUT2D eigenvalue weighted by molar-refractivity contribution is -0.117. The Balaban J connectivity index is 0.00000196. The van der Waals surface area contributed by atoms with Gasteiger partial charge in [0.25, 0.3) is 5.91 Å². The van der Waals surface area contributed by atoms with Gasteiger partial charge in [-0.25, -0.2) is 0 Å². The van der Waals surface area contributed by atoms with Crippen LogP contribution < -0.4 is 10.6 Å². The van der Waals surface area contributed by atoms with Crippen LogP contribution in [0.2, 0.25) is 0 Å². The molecule has 1 aliphatic carbocycles. The molecule has 2 amide bonds. The minimum absolute atomic E-state index is 0. The monoisotopic (exact) mass is 377 g/mol. The summed E-state index contributed by atoms with van der Waals surface area (Å²) in [4.78, 5) is 26.9. The van der Waals surface area contributed by atoms with Gasteiger partial charge in [0.15, 0.2) is 0 Å². The van der Waals surface area contributed by atoms with E-state index in [1.54, 1.807) is 0 Å². The van der Waals surface area contributed by atoms with Crippen molar-refractivity contribution in [1.82, 2.24) is 10.2 Å². The quantitative estimate of drug-likeness (QED) is 0.851. The summed E-state index contributed by atoms with van der Waals surface area (Å²) in [5.41, 5.74) is 1.80. The molecule has 26 heavy (non-hydrogen) atoms. The Labute approximate surface area is 161 Å². The SMILES string of the molecule is CC1CC1C(=O)Nc1cccc(C(=O)N2CCC3(CCNC3)CC2)c1.Cl. The average molecular weight is 378 g/mol. The fourth-order valence-corrected chi connectivity index (χ4v) is 4.24. The molecule has 1 aromatic carbocycles. The molecular formula is C20H28ClN3O2. The highest BCUT2D eigenvalue weighted by molar-refractivity contribution is 5.98. The van der Waals surface area contributed by atoms with Crippen LogP contribution in [0.25, 0.3) is 0 Å². The molecular weight excluding hydrogens is 350 g/mol. The molecule has 2 heterocycles. The first kappa shape index (κ1) is 19.2. The topological polar surface area (TPSA) is 61.4 Å². The number of amides is 2. The summed E-state index contributed by atoms with van der Waals surface area (Å²) >= 11 is 0. The number of carbonyl (C=O) groups is 2. The van der Waals surface area contributed by atoms with E-state index in [1.807, 2.05) is 29.2 Å². The lowest BCUT2D eigenvalue weighted by Gasteiger charge is -2.39. The second kappa shape index (κ2) is 7.57. The third-order valence-electron chi connectivity index (χ3n) is 6.27. The number of benzene rings is 1. The smallest absolute Gasteiger partial charge is 0.253 e. The summed E-state index contributed by atoms with van der Waals surface area (Å²) in [7, 11) is 0. The molecule has 1 aromatic rings. The van der Waals surface area contributed by atoms with E-state index in [0.29, 0.717) is 16.9 Å². The number of nitrogens with zero attached hydrogens (tertiary/aromatic N) is 1. The lowest BCUT2D eigenvalue weighted by Crippen LogP contribution is -2.44. The zero-order valence-corrected chi connectivity index (χ0v) is 16.1. The van der Waals surface area contributed by atoms with Crippen LogP contribution in [0.15, 0.2) is 24.3 Å². The number of carbonyl (C=O) groups excluding carboxylic acids is 2. The van der Waals surface area contributed by atoms with Gasteiger partial charge in [-0.2, -0.15) is 0 Å². The normalized spacial score (nSPS) is 26.3. The molecule has 2 atom stereocenters. The zero-order valence-electron chi connectivity index (χ0n) is 15.3. The Morgan fingerprint density at radius 1 is 1.23 bits per heavy atom. The molecule has 2 aliphatic heterocycles. The van der Waals surface area contributed by atoms with Crippen molar-refractivity contribution in [3.8, 4) is 0 Å². The van der Waals surface area contributed by atoms with Crippen molar-refractivity contribution >= 4 is 29.9 Å². The maximum Gasteiger partial charge on any atom is 0.253 e. The van der Waals surface area contributed by atoms with Gasteiger partial charge in [-0.15, -0.1) is 12.4 Å². The lowest BCUT2D eigenvalue weighted by atomic mass is 9.78. The Morgan fingerprint density at radius 2 is 1.96 bits per heavy atom. The number of hydrogen-bond acceptors (Lipinski definition) is 3. The Kier molecular flexibility index (Phi) is 5.58. The molecule has 3 fully saturated rings. The third-order valence-corrected chi connectivity index (χ3v) is 6.27. The summed E-state index contributed by atoms with van der Waals surface area (Å²) in [5.74, 6) is 0.774. The molecule has 5 nitrogen and oxygen atoms in total. The van der Waals surface area contributed by atoms with E-state index in [9.17, 15) is 9.59 Å². The van der Waals surface area contributed by atoms with Gasteiger partial charge in [-0.3, -0.25) is 9.59 Å². The number of likely N-dealkylation sites (tertiary alicyclic amines) is 1. The van der Waals surface area contributed by atoms with Crippen LogP contribution in [-0.4, -0.2) is 42.9 Å². The van der Waals surface area contributed by atoms with E-state index in [2.05, 4.69) is 17.6 Å². The predicted octanol–water partition coefficient (Wildman–Crippen LogP) is 2.92. The molecule has 2 saturated heterocycles. The average Bonchev–Trinajstić information content (AvgIpc) is 3.19. The Morgan fingerprint density at radius 3 is 2.58 bits per heavy atom. The Hall–Kier alpha value is -1.59. The van der Waals surface area contributed by atoms with Crippen molar-refractivity contribution in [2.45, 2.75) is 32.6 Å². The van der Waals surface area contributed by atoms with E-state index in [-0.39, 0.29) is 30.1 Å². The van der Waals surface area contributed by atoms with E-state index in [0.717, 1.165) is 51.1 Å². The minimum Gasteiger partial charge on any atom is -0.339 e. The van der Waals surface area contributed by atoms with Crippen molar-refractivity contribution in [2.24, 2.45) is 17.3 Å². The first-order valence-electron chi connectivity index (χ1n) is 9.47. The molecule has 2 N–H and O–H groups in total. The van der Waals surface area contributed by atoms with Crippen molar-refractivity contribution in [1.29, 1.82) is 0 Å². The van der Waals surface area contributed by atoms with Crippen LogP contribution in [-0.2, 0) is 4.79 Å². The van der Waals surface area contributed by atoms with E-state index in [4.69, 9.17) is 0 Å². The zero-order chi connectivity index (χ0) is 17.4. The van der Waals surface area contributed by atoms with Crippen LogP contribution in [0.3, 0.4) is 0 Å². The molecule has 2 unspecified atom stereocenters. The fourth-order valence-electron chi connectivity index (χ4n) is 4.24. The number of hydrogen-bond donors (Lipinski definition) is 2. The van der Waals surface area contributed by atoms with Gasteiger partial charge in [-0.05, 0) is 61.8 Å². The predicted molar refractivity (Wildman–Crippen MR) is 105 cm³/mol. The number of halogens is 1. The van der Waals surface area contributed by atoms with E-state index < -0.39 is 0 Å². The van der Waals surface area contributed by atoms with E-state index >= 15 is 0 Å². The Bertz CT molecular complexity index is 677. The molecule has 6 heteroatoms. The molecule has 142 valence electrons. The summed E-state index contributed by atoms with van der Waals surface area (Å²) in [5, 5.41) is 6.41. The number of rotatable bonds is 3. The maximum atomic E-state index is 12.8. The second-order valence-corrected chi connectivity index (χ2v) is 8.11. The molecule has 0 radical (unpaired) electrons. The summed E-state index contributed by atoms with van der Waals surface area (Å²) in [6.07, 6.45) is 4.37. The molecule has 0 bridgehead atoms. The number of nitrogens with one attached hydrogen (secondary N) is 2. The highest BCUT2D eigenvalue weighted by Gasteiger charge is 2.39. The van der Waals surface area contributed by atoms with Crippen LogP contribution >= 0.6 is 12.4 Å². The molecule has 1 saturated carbocycles. The molecule has 0 aromatic heterocycles.